The van der Waals surface area contributed by atoms with Gasteiger partial charge in [-0.3, -0.25) is 4.79 Å². The second kappa shape index (κ2) is 7.53. The lowest BCUT2D eigenvalue weighted by Gasteiger charge is -2.17. The Bertz CT molecular complexity index is 418. The van der Waals surface area contributed by atoms with Crippen LogP contribution < -0.4 is 10.1 Å². The maximum Gasteiger partial charge on any atom is 0.233 e. The lowest BCUT2D eigenvalue weighted by atomic mass is 10.0. The molecule has 0 aliphatic rings. The third kappa shape index (κ3) is 5.64. The van der Waals surface area contributed by atoms with Gasteiger partial charge in [-0.2, -0.15) is 0 Å². The summed E-state index contributed by atoms with van der Waals surface area (Å²) >= 11 is 3.23. The summed E-state index contributed by atoms with van der Waals surface area (Å²) in [6, 6.07) is 8.08. The number of carbonyl (C=O) groups is 1. The minimum Gasteiger partial charge on any atom is -0.489 e. The van der Waals surface area contributed by atoms with Crippen LogP contribution in [0.5, 0.6) is 5.75 Å². The molecular weight excluding hydrogens is 306 g/mol. The number of hydrogen-bond donors (Lipinski definition) is 1. The Balaban J connectivity index is 2.50. The van der Waals surface area contributed by atoms with E-state index in [0.29, 0.717) is 12.5 Å². The van der Waals surface area contributed by atoms with E-state index in [2.05, 4.69) is 47.2 Å². The Morgan fingerprint density at radius 1 is 1.32 bits per heavy atom. The molecular formula is C15H22BrNO2. The molecule has 1 rings (SSSR count). The van der Waals surface area contributed by atoms with Crippen molar-refractivity contribution in [3.63, 3.8) is 0 Å². The summed E-state index contributed by atoms with van der Waals surface area (Å²) in [5, 5.41) is 2.83. The first-order chi connectivity index (χ1) is 8.90. The quantitative estimate of drug-likeness (QED) is 0.812. The lowest BCUT2D eigenvalue weighted by Crippen LogP contribution is -2.36. The molecule has 0 radical (unpaired) electrons. The van der Waals surface area contributed by atoms with E-state index in [1.807, 2.05) is 19.1 Å². The second-order valence-electron chi connectivity index (χ2n) is 5.02. The van der Waals surface area contributed by atoms with Gasteiger partial charge in [-0.15, -0.1) is 0 Å². The Kier molecular flexibility index (Phi) is 6.35. The first-order valence-corrected chi connectivity index (χ1v) is 7.50. The standard InChI is InChI=1S/C15H22BrNO2/c1-10(2)13-6-5-7-14(8-13)19-11(3)9-17-15(18)12(4)16/h5-8,10-12H,9H2,1-4H3,(H,17,18). The molecule has 2 unspecified atom stereocenters. The molecule has 0 aliphatic heterocycles. The van der Waals surface area contributed by atoms with Crippen LogP contribution in [0, 0.1) is 0 Å². The fourth-order valence-corrected chi connectivity index (χ4v) is 1.77. The fourth-order valence-electron chi connectivity index (χ4n) is 1.61. The number of amides is 1. The van der Waals surface area contributed by atoms with Crippen molar-refractivity contribution in [3.8, 4) is 5.75 Å². The minimum absolute atomic E-state index is 0.0219. The molecule has 19 heavy (non-hydrogen) atoms. The zero-order valence-corrected chi connectivity index (χ0v) is 13.5. The molecule has 3 nitrogen and oxygen atoms in total. The molecule has 0 spiro atoms. The zero-order chi connectivity index (χ0) is 14.4. The average molecular weight is 328 g/mol. The third-order valence-corrected chi connectivity index (χ3v) is 3.20. The molecule has 1 N–H and O–H groups in total. The van der Waals surface area contributed by atoms with Crippen LogP contribution >= 0.6 is 15.9 Å². The molecule has 0 aliphatic carbocycles. The summed E-state index contributed by atoms with van der Waals surface area (Å²) in [6.45, 7) is 8.55. The Morgan fingerprint density at radius 3 is 2.58 bits per heavy atom. The summed E-state index contributed by atoms with van der Waals surface area (Å²) in [4.78, 5) is 11.3. The van der Waals surface area contributed by atoms with E-state index in [1.165, 1.54) is 5.56 Å². The summed E-state index contributed by atoms with van der Waals surface area (Å²) < 4.78 is 5.81. The molecule has 1 aromatic rings. The average Bonchev–Trinajstić information content (AvgIpc) is 2.36. The number of carbonyl (C=O) groups excluding carboxylic acids is 1. The summed E-state index contributed by atoms with van der Waals surface area (Å²) in [6.07, 6.45) is -0.0578. The number of ether oxygens (including phenoxy) is 1. The first-order valence-electron chi connectivity index (χ1n) is 6.58. The number of rotatable bonds is 6. The number of alkyl halides is 1. The molecule has 0 fully saturated rings. The molecule has 0 saturated carbocycles. The summed E-state index contributed by atoms with van der Waals surface area (Å²) in [5.41, 5.74) is 1.25. The predicted octanol–water partition coefficient (Wildman–Crippen LogP) is 3.48. The normalized spacial score (nSPS) is 14.0. The van der Waals surface area contributed by atoms with E-state index < -0.39 is 0 Å². The van der Waals surface area contributed by atoms with Crippen molar-refractivity contribution in [3.05, 3.63) is 29.8 Å². The van der Waals surface area contributed by atoms with E-state index >= 15 is 0 Å². The first kappa shape index (κ1) is 16.0. The van der Waals surface area contributed by atoms with Crippen LogP contribution in [-0.4, -0.2) is 23.4 Å². The fraction of sp³-hybridized carbons (Fsp3) is 0.533. The molecule has 106 valence electrons. The van der Waals surface area contributed by atoms with Gasteiger partial charge in [0.25, 0.3) is 0 Å². The van der Waals surface area contributed by atoms with Crippen LogP contribution in [0.25, 0.3) is 0 Å². The van der Waals surface area contributed by atoms with E-state index in [4.69, 9.17) is 4.74 Å². The van der Waals surface area contributed by atoms with Crippen LogP contribution in [-0.2, 0) is 4.79 Å². The van der Waals surface area contributed by atoms with E-state index in [0.717, 1.165) is 5.75 Å². The highest BCUT2D eigenvalue weighted by atomic mass is 79.9. The largest absolute Gasteiger partial charge is 0.489 e. The Morgan fingerprint density at radius 2 is 2.00 bits per heavy atom. The smallest absolute Gasteiger partial charge is 0.233 e. The molecule has 0 bridgehead atoms. The highest BCUT2D eigenvalue weighted by Crippen LogP contribution is 2.20. The van der Waals surface area contributed by atoms with Crippen molar-refractivity contribution in [2.75, 3.05) is 6.54 Å². The van der Waals surface area contributed by atoms with Crippen LogP contribution in [0.2, 0.25) is 0 Å². The topological polar surface area (TPSA) is 38.3 Å². The van der Waals surface area contributed by atoms with E-state index in [-0.39, 0.29) is 16.8 Å². The van der Waals surface area contributed by atoms with Gasteiger partial charge in [0.15, 0.2) is 0 Å². The van der Waals surface area contributed by atoms with Gasteiger partial charge in [0, 0.05) is 0 Å². The van der Waals surface area contributed by atoms with Gasteiger partial charge in [0.2, 0.25) is 5.91 Å². The number of halogens is 1. The van der Waals surface area contributed by atoms with E-state index in [1.54, 1.807) is 6.92 Å². The minimum atomic E-state index is -0.177. The third-order valence-electron chi connectivity index (χ3n) is 2.79. The van der Waals surface area contributed by atoms with Gasteiger partial charge in [0.1, 0.15) is 11.9 Å². The maximum atomic E-state index is 11.4. The van der Waals surface area contributed by atoms with Crippen LogP contribution in [0.4, 0.5) is 0 Å². The number of nitrogens with one attached hydrogen (secondary N) is 1. The van der Waals surface area contributed by atoms with Crippen LogP contribution in [0.3, 0.4) is 0 Å². The van der Waals surface area contributed by atoms with Crippen molar-refractivity contribution in [1.82, 2.24) is 5.32 Å². The lowest BCUT2D eigenvalue weighted by molar-refractivity contribution is -0.120. The highest BCUT2D eigenvalue weighted by Gasteiger charge is 2.11. The van der Waals surface area contributed by atoms with Crippen molar-refractivity contribution in [1.29, 1.82) is 0 Å². The molecule has 4 heteroatoms. The number of benzene rings is 1. The Labute approximate surface area is 123 Å². The molecule has 0 aromatic heterocycles. The molecule has 0 heterocycles. The van der Waals surface area contributed by atoms with Gasteiger partial charge in [-0.25, -0.2) is 0 Å². The van der Waals surface area contributed by atoms with Gasteiger partial charge in [-0.05, 0) is 37.5 Å². The summed E-state index contributed by atoms with van der Waals surface area (Å²) in [7, 11) is 0. The van der Waals surface area contributed by atoms with Crippen molar-refractivity contribution in [2.24, 2.45) is 0 Å². The van der Waals surface area contributed by atoms with Gasteiger partial charge in [0.05, 0.1) is 11.4 Å². The van der Waals surface area contributed by atoms with Crippen molar-refractivity contribution >= 4 is 21.8 Å². The van der Waals surface area contributed by atoms with E-state index in [9.17, 15) is 4.79 Å². The highest BCUT2D eigenvalue weighted by molar-refractivity contribution is 9.10. The monoisotopic (exact) mass is 327 g/mol. The maximum absolute atomic E-state index is 11.4. The zero-order valence-electron chi connectivity index (χ0n) is 11.9. The van der Waals surface area contributed by atoms with Crippen LogP contribution in [0.15, 0.2) is 24.3 Å². The van der Waals surface area contributed by atoms with Crippen LogP contribution in [0.1, 0.15) is 39.2 Å². The number of hydrogen-bond acceptors (Lipinski definition) is 2. The van der Waals surface area contributed by atoms with Crippen molar-refractivity contribution in [2.45, 2.75) is 44.5 Å². The van der Waals surface area contributed by atoms with Gasteiger partial charge >= 0.3 is 0 Å². The second-order valence-corrected chi connectivity index (χ2v) is 6.39. The predicted molar refractivity (Wildman–Crippen MR) is 82.0 cm³/mol. The molecule has 1 aromatic carbocycles. The Hall–Kier alpha value is -1.03. The van der Waals surface area contributed by atoms with Gasteiger partial charge < -0.3 is 10.1 Å². The molecule has 2 atom stereocenters. The van der Waals surface area contributed by atoms with Gasteiger partial charge in [-0.1, -0.05) is 41.9 Å². The molecule has 1 amide bonds. The SMILES string of the molecule is CC(CNC(=O)C(C)Br)Oc1cccc(C(C)C)c1. The van der Waals surface area contributed by atoms with Crippen molar-refractivity contribution < 1.29 is 9.53 Å². The molecule has 0 saturated heterocycles. The summed E-state index contributed by atoms with van der Waals surface area (Å²) in [5.74, 6) is 1.30.